The summed E-state index contributed by atoms with van der Waals surface area (Å²) in [5.41, 5.74) is 5.73. The lowest BCUT2D eigenvalue weighted by Gasteiger charge is -2.25. The van der Waals surface area contributed by atoms with E-state index >= 15 is 0 Å². The molecule has 2 heteroatoms. The number of ether oxygens (including phenoxy) is 1. The van der Waals surface area contributed by atoms with Gasteiger partial charge in [-0.3, -0.25) is 0 Å². The molecule has 1 aliphatic rings. The molecule has 0 spiro atoms. The zero-order chi connectivity index (χ0) is 14.7. The lowest BCUT2D eigenvalue weighted by molar-refractivity contribution is 0.117. The van der Waals surface area contributed by atoms with Crippen molar-refractivity contribution >= 4 is 0 Å². The molecule has 1 heterocycles. The number of aryl methyl sites for hydroxylation is 3. The maximum Gasteiger partial charge on any atom is 0.0551 e. The first-order chi connectivity index (χ1) is 9.51. The minimum absolute atomic E-state index is 0.418. The van der Waals surface area contributed by atoms with E-state index in [9.17, 15) is 0 Å². The van der Waals surface area contributed by atoms with Crippen LogP contribution in [0.2, 0.25) is 0 Å². The van der Waals surface area contributed by atoms with Gasteiger partial charge in [-0.05, 0) is 63.8 Å². The average molecular weight is 275 g/mol. The van der Waals surface area contributed by atoms with E-state index < -0.39 is 0 Å². The van der Waals surface area contributed by atoms with Crippen LogP contribution in [0.5, 0.6) is 0 Å². The molecule has 0 saturated carbocycles. The first-order valence-electron chi connectivity index (χ1n) is 7.93. The molecule has 0 aliphatic carbocycles. The number of likely N-dealkylation sites (N-methyl/N-ethyl adjacent to an activating group) is 1. The Morgan fingerprint density at radius 3 is 2.40 bits per heavy atom. The van der Waals surface area contributed by atoms with Crippen LogP contribution in [0.3, 0.4) is 0 Å². The molecule has 1 aromatic carbocycles. The molecule has 0 bridgehead atoms. The van der Waals surface area contributed by atoms with Crippen LogP contribution in [0.15, 0.2) is 12.1 Å². The third kappa shape index (κ3) is 3.62. The number of rotatable bonds is 5. The molecule has 2 rings (SSSR count). The number of nitrogens with one attached hydrogen (secondary N) is 1. The van der Waals surface area contributed by atoms with E-state index in [2.05, 4.69) is 52.1 Å². The van der Waals surface area contributed by atoms with Crippen molar-refractivity contribution in [3.8, 4) is 0 Å². The van der Waals surface area contributed by atoms with Gasteiger partial charge in [-0.25, -0.2) is 0 Å². The standard InChI is InChI=1S/C18H29NO/c1-6-19-18(16-9-15(5)20-11-16)10-17-13(3)7-12(2)8-14(17)4/h7-8,15-16,18-19H,6,9-11H2,1-5H3. The van der Waals surface area contributed by atoms with Crippen molar-refractivity contribution in [2.24, 2.45) is 5.92 Å². The Hall–Kier alpha value is -0.860. The van der Waals surface area contributed by atoms with Gasteiger partial charge in [-0.15, -0.1) is 0 Å². The Labute approximate surface area is 123 Å². The summed E-state index contributed by atoms with van der Waals surface area (Å²) in [6.07, 6.45) is 2.72. The van der Waals surface area contributed by atoms with E-state index in [4.69, 9.17) is 4.74 Å². The molecule has 1 N–H and O–H groups in total. The molecule has 1 fully saturated rings. The third-order valence-electron chi connectivity index (χ3n) is 4.53. The quantitative estimate of drug-likeness (QED) is 0.887. The van der Waals surface area contributed by atoms with Gasteiger partial charge in [0.05, 0.1) is 12.7 Å². The highest BCUT2D eigenvalue weighted by Gasteiger charge is 2.29. The average Bonchev–Trinajstić information content (AvgIpc) is 2.79. The van der Waals surface area contributed by atoms with E-state index in [-0.39, 0.29) is 0 Å². The first-order valence-corrected chi connectivity index (χ1v) is 7.93. The van der Waals surface area contributed by atoms with E-state index in [0.717, 1.165) is 19.6 Å². The molecule has 0 aromatic heterocycles. The summed E-state index contributed by atoms with van der Waals surface area (Å²) >= 11 is 0. The molecule has 1 aromatic rings. The summed E-state index contributed by atoms with van der Waals surface area (Å²) in [6.45, 7) is 13.0. The van der Waals surface area contributed by atoms with Crippen LogP contribution in [0.4, 0.5) is 0 Å². The molecule has 3 unspecified atom stereocenters. The van der Waals surface area contributed by atoms with Gasteiger partial charge in [0, 0.05) is 12.0 Å². The summed E-state index contributed by atoms with van der Waals surface area (Å²) in [7, 11) is 0. The van der Waals surface area contributed by atoms with Crippen molar-refractivity contribution in [3.05, 3.63) is 34.4 Å². The SMILES string of the molecule is CCNC(Cc1c(C)cc(C)cc1C)C1COC(C)C1. The Bertz CT molecular complexity index is 432. The monoisotopic (exact) mass is 275 g/mol. The lowest BCUT2D eigenvalue weighted by atomic mass is 9.87. The van der Waals surface area contributed by atoms with Crippen molar-refractivity contribution < 1.29 is 4.74 Å². The first kappa shape index (κ1) is 15.5. The zero-order valence-electron chi connectivity index (χ0n) is 13.6. The predicted octanol–water partition coefficient (Wildman–Crippen LogP) is 3.56. The third-order valence-corrected chi connectivity index (χ3v) is 4.53. The highest BCUT2D eigenvalue weighted by molar-refractivity contribution is 5.38. The van der Waals surface area contributed by atoms with Gasteiger partial charge in [-0.1, -0.05) is 24.6 Å². The van der Waals surface area contributed by atoms with Crippen LogP contribution < -0.4 is 5.32 Å². The van der Waals surface area contributed by atoms with E-state index in [0.29, 0.717) is 18.1 Å². The molecular formula is C18H29NO. The van der Waals surface area contributed by atoms with Crippen LogP contribution in [0.25, 0.3) is 0 Å². The summed E-state index contributed by atoms with van der Waals surface area (Å²) in [6, 6.07) is 5.14. The number of hydrogen-bond donors (Lipinski definition) is 1. The molecule has 0 amide bonds. The van der Waals surface area contributed by atoms with Crippen LogP contribution in [0.1, 0.15) is 42.5 Å². The highest BCUT2D eigenvalue weighted by Crippen LogP contribution is 2.26. The molecule has 20 heavy (non-hydrogen) atoms. The van der Waals surface area contributed by atoms with Crippen molar-refractivity contribution in [3.63, 3.8) is 0 Å². The van der Waals surface area contributed by atoms with Gasteiger partial charge in [0.1, 0.15) is 0 Å². The van der Waals surface area contributed by atoms with Gasteiger partial charge in [0.2, 0.25) is 0 Å². The normalized spacial score (nSPS) is 24.1. The Morgan fingerprint density at radius 1 is 1.25 bits per heavy atom. The van der Waals surface area contributed by atoms with E-state index in [1.165, 1.54) is 28.7 Å². The van der Waals surface area contributed by atoms with Crippen molar-refractivity contribution in [2.45, 2.75) is 59.6 Å². The van der Waals surface area contributed by atoms with E-state index in [1.54, 1.807) is 0 Å². The second-order valence-corrected chi connectivity index (χ2v) is 6.39. The van der Waals surface area contributed by atoms with Gasteiger partial charge < -0.3 is 10.1 Å². The van der Waals surface area contributed by atoms with Crippen LogP contribution in [0, 0.1) is 26.7 Å². The van der Waals surface area contributed by atoms with Gasteiger partial charge in [0.25, 0.3) is 0 Å². The van der Waals surface area contributed by atoms with Gasteiger partial charge in [0.15, 0.2) is 0 Å². The minimum atomic E-state index is 0.418. The maximum absolute atomic E-state index is 5.77. The van der Waals surface area contributed by atoms with Crippen LogP contribution >= 0.6 is 0 Å². The Kier molecular flexibility index (Phi) is 5.22. The maximum atomic E-state index is 5.77. The van der Waals surface area contributed by atoms with E-state index in [1.807, 2.05) is 0 Å². The summed E-state index contributed by atoms with van der Waals surface area (Å²) < 4.78 is 5.77. The molecule has 1 aliphatic heterocycles. The molecule has 2 nitrogen and oxygen atoms in total. The molecular weight excluding hydrogens is 246 g/mol. The predicted molar refractivity (Wildman–Crippen MR) is 85.3 cm³/mol. The molecule has 0 radical (unpaired) electrons. The van der Waals surface area contributed by atoms with Crippen LogP contribution in [-0.2, 0) is 11.2 Å². The molecule has 3 atom stereocenters. The largest absolute Gasteiger partial charge is 0.378 e. The van der Waals surface area contributed by atoms with Crippen molar-refractivity contribution in [1.82, 2.24) is 5.32 Å². The second-order valence-electron chi connectivity index (χ2n) is 6.39. The second kappa shape index (κ2) is 6.73. The summed E-state index contributed by atoms with van der Waals surface area (Å²) in [5.74, 6) is 0.644. The van der Waals surface area contributed by atoms with Gasteiger partial charge >= 0.3 is 0 Å². The summed E-state index contributed by atoms with van der Waals surface area (Å²) in [5, 5.41) is 3.68. The fourth-order valence-electron chi connectivity index (χ4n) is 3.55. The highest BCUT2D eigenvalue weighted by atomic mass is 16.5. The Balaban J connectivity index is 2.16. The van der Waals surface area contributed by atoms with Crippen molar-refractivity contribution in [1.29, 1.82) is 0 Å². The molecule has 1 saturated heterocycles. The fourth-order valence-corrected chi connectivity index (χ4v) is 3.55. The lowest BCUT2D eigenvalue weighted by Crippen LogP contribution is -2.38. The number of benzene rings is 1. The van der Waals surface area contributed by atoms with Gasteiger partial charge in [-0.2, -0.15) is 0 Å². The smallest absolute Gasteiger partial charge is 0.0551 e. The zero-order valence-corrected chi connectivity index (χ0v) is 13.6. The van der Waals surface area contributed by atoms with Crippen LogP contribution in [-0.4, -0.2) is 25.3 Å². The topological polar surface area (TPSA) is 21.3 Å². The summed E-state index contributed by atoms with van der Waals surface area (Å²) in [4.78, 5) is 0. The Morgan fingerprint density at radius 2 is 1.90 bits per heavy atom. The minimum Gasteiger partial charge on any atom is -0.378 e. The molecule has 112 valence electrons. The fraction of sp³-hybridized carbons (Fsp3) is 0.667. The number of hydrogen-bond acceptors (Lipinski definition) is 2. The van der Waals surface area contributed by atoms with Crippen molar-refractivity contribution in [2.75, 3.05) is 13.2 Å².